The molecule has 1 aliphatic heterocycles. The number of carbonyl (C=O) groups is 2. The van der Waals surface area contributed by atoms with Crippen molar-refractivity contribution in [3.05, 3.63) is 74.7 Å². The zero-order valence-electron chi connectivity index (χ0n) is 18.6. The SMILES string of the molecule is C[C@H]1[C@H](C)N(c2cccc(Cl)c2)CCN1C(=O)c1ccc(S(=O)CC(=O)c2nccs2)c(Cl)c1. The number of rotatable bonds is 6. The zero-order valence-corrected chi connectivity index (χ0v) is 21.8. The molecular formula is C24H23Cl2N3O3S2. The molecule has 0 bridgehead atoms. The molecule has 178 valence electrons. The highest BCUT2D eigenvalue weighted by Gasteiger charge is 2.34. The molecule has 0 saturated carbocycles. The number of amides is 1. The average molecular weight is 537 g/mol. The molecule has 1 amide bonds. The highest BCUT2D eigenvalue weighted by atomic mass is 35.5. The maximum absolute atomic E-state index is 13.3. The maximum atomic E-state index is 13.3. The van der Waals surface area contributed by atoms with Crippen LogP contribution in [0, 0.1) is 0 Å². The summed E-state index contributed by atoms with van der Waals surface area (Å²) in [5, 5.41) is 2.89. The molecule has 3 atom stereocenters. The smallest absolute Gasteiger partial charge is 0.254 e. The Morgan fingerprint density at radius 2 is 1.91 bits per heavy atom. The van der Waals surface area contributed by atoms with Gasteiger partial charge in [-0.3, -0.25) is 13.8 Å². The first-order chi connectivity index (χ1) is 16.3. The van der Waals surface area contributed by atoms with Crippen LogP contribution in [0.4, 0.5) is 5.69 Å². The number of benzene rings is 2. The van der Waals surface area contributed by atoms with Gasteiger partial charge in [0.2, 0.25) is 5.78 Å². The van der Waals surface area contributed by atoms with Gasteiger partial charge >= 0.3 is 0 Å². The third kappa shape index (κ3) is 5.20. The molecule has 0 N–H and O–H groups in total. The highest BCUT2D eigenvalue weighted by molar-refractivity contribution is 7.86. The van der Waals surface area contributed by atoms with Crippen molar-refractivity contribution >= 4 is 62.7 Å². The van der Waals surface area contributed by atoms with Crippen LogP contribution in [0.25, 0.3) is 0 Å². The van der Waals surface area contributed by atoms with Crippen molar-refractivity contribution < 1.29 is 13.8 Å². The number of hydrogen-bond donors (Lipinski definition) is 0. The number of thiazole rings is 1. The Morgan fingerprint density at radius 3 is 2.59 bits per heavy atom. The van der Waals surface area contributed by atoms with Gasteiger partial charge in [-0.05, 0) is 50.2 Å². The minimum Gasteiger partial charge on any atom is -0.365 e. The van der Waals surface area contributed by atoms with Crippen LogP contribution in [0.1, 0.15) is 34.0 Å². The zero-order chi connectivity index (χ0) is 24.4. The van der Waals surface area contributed by atoms with Crippen molar-refractivity contribution in [3.63, 3.8) is 0 Å². The molecule has 10 heteroatoms. The van der Waals surface area contributed by atoms with Gasteiger partial charge in [-0.15, -0.1) is 11.3 Å². The Kier molecular flexibility index (Phi) is 7.72. The number of nitrogens with zero attached hydrogens (tertiary/aromatic N) is 3. The van der Waals surface area contributed by atoms with Gasteiger partial charge in [-0.2, -0.15) is 0 Å². The van der Waals surface area contributed by atoms with E-state index in [-0.39, 0.29) is 34.5 Å². The third-order valence-electron chi connectivity index (χ3n) is 6.02. The fourth-order valence-electron chi connectivity index (χ4n) is 4.05. The summed E-state index contributed by atoms with van der Waals surface area (Å²) in [6.45, 7) is 5.33. The number of ketones is 1. The predicted octanol–water partition coefficient (Wildman–Crippen LogP) is 5.18. The van der Waals surface area contributed by atoms with Crippen molar-refractivity contribution in [1.29, 1.82) is 0 Å². The molecule has 2 heterocycles. The summed E-state index contributed by atoms with van der Waals surface area (Å²) in [6, 6.07) is 12.5. The van der Waals surface area contributed by atoms with Gasteiger partial charge in [0.05, 0.1) is 26.5 Å². The van der Waals surface area contributed by atoms with Gasteiger partial charge in [0.1, 0.15) is 0 Å². The Bertz CT molecular complexity index is 1240. The standard InChI is InChI=1S/C24H23Cl2N3O3S2/c1-15-16(2)29(10-9-28(15)19-5-3-4-18(25)13-19)24(31)17-6-7-22(20(26)12-17)34(32)14-21(30)23-27-8-11-33-23/h3-8,11-13,15-16H,9-10,14H2,1-2H3/t15-,16-,34?/m0/s1. The lowest BCUT2D eigenvalue weighted by Crippen LogP contribution is -2.59. The summed E-state index contributed by atoms with van der Waals surface area (Å²) in [5.41, 5.74) is 1.45. The van der Waals surface area contributed by atoms with E-state index >= 15 is 0 Å². The summed E-state index contributed by atoms with van der Waals surface area (Å²) in [5.74, 6) is -0.645. The Morgan fingerprint density at radius 1 is 1.12 bits per heavy atom. The van der Waals surface area contributed by atoms with Crippen molar-refractivity contribution in [2.45, 2.75) is 30.8 Å². The van der Waals surface area contributed by atoms with Crippen LogP contribution in [0.5, 0.6) is 0 Å². The number of piperazine rings is 1. The van der Waals surface area contributed by atoms with E-state index in [1.807, 2.05) is 36.1 Å². The normalized spacial score (nSPS) is 19.2. The first-order valence-electron chi connectivity index (χ1n) is 10.7. The molecule has 1 unspecified atom stereocenters. The molecule has 6 nitrogen and oxygen atoms in total. The summed E-state index contributed by atoms with van der Waals surface area (Å²) >= 11 is 13.8. The number of hydrogen-bond acceptors (Lipinski definition) is 6. The maximum Gasteiger partial charge on any atom is 0.254 e. The quantitative estimate of drug-likeness (QED) is 0.406. The second kappa shape index (κ2) is 10.6. The van der Waals surface area contributed by atoms with Gasteiger partial charge in [0, 0.05) is 53.0 Å². The van der Waals surface area contributed by atoms with E-state index in [2.05, 4.69) is 16.8 Å². The van der Waals surface area contributed by atoms with Crippen LogP contribution in [-0.2, 0) is 10.8 Å². The van der Waals surface area contributed by atoms with E-state index in [9.17, 15) is 13.8 Å². The van der Waals surface area contributed by atoms with E-state index in [1.54, 1.807) is 17.5 Å². The van der Waals surface area contributed by atoms with Gasteiger partial charge in [0.15, 0.2) is 5.01 Å². The van der Waals surface area contributed by atoms with Crippen LogP contribution < -0.4 is 4.90 Å². The van der Waals surface area contributed by atoms with Crippen LogP contribution in [0.15, 0.2) is 58.9 Å². The second-order valence-electron chi connectivity index (χ2n) is 8.05. The first kappa shape index (κ1) is 24.9. The molecule has 2 aromatic carbocycles. The first-order valence-corrected chi connectivity index (χ1v) is 13.7. The van der Waals surface area contributed by atoms with Crippen LogP contribution in [0.2, 0.25) is 10.0 Å². The van der Waals surface area contributed by atoms with Gasteiger partial charge < -0.3 is 9.80 Å². The monoisotopic (exact) mass is 535 g/mol. The lowest BCUT2D eigenvalue weighted by molar-refractivity contribution is 0.0634. The Labute approximate surface area is 215 Å². The molecule has 0 radical (unpaired) electrons. The van der Waals surface area contributed by atoms with E-state index in [1.165, 1.54) is 23.6 Å². The van der Waals surface area contributed by atoms with Crippen molar-refractivity contribution in [3.8, 4) is 0 Å². The van der Waals surface area contributed by atoms with E-state index in [0.717, 1.165) is 5.69 Å². The lowest BCUT2D eigenvalue weighted by Gasteiger charge is -2.46. The third-order valence-corrected chi connectivity index (χ3v) is 8.87. The minimum atomic E-state index is -1.63. The molecule has 1 aromatic heterocycles. The van der Waals surface area contributed by atoms with Gasteiger partial charge in [-0.25, -0.2) is 4.98 Å². The highest BCUT2D eigenvalue weighted by Crippen LogP contribution is 2.29. The fraction of sp³-hybridized carbons (Fsp3) is 0.292. The lowest BCUT2D eigenvalue weighted by atomic mass is 10.0. The largest absolute Gasteiger partial charge is 0.365 e. The van der Waals surface area contributed by atoms with E-state index < -0.39 is 10.8 Å². The molecule has 0 spiro atoms. The Hall–Kier alpha value is -2.26. The number of anilines is 1. The number of Topliss-reactive ketones (excluding diaryl/α,β-unsaturated/α-hetero) is 1. The van der Waals surface area contributed by atoms with Crippen molar-refractivity contribution in [1.82, 2.24) is 9.88 Å². The topological polar surface area (TPSA) is 70.6 Å². The van der Waals surface area contributed by atoms with Crippen LogP contribution >= 0.6 is 34.5 Å². The van der Waals surface area contributed by atoms with Gasteiger partial charge in [-0.1, -0.05) is 29.3 Å². The molecule has 1 saturated heterocycles. The predicted molar refractivity (Wildman–Crippen MR) is 138 cm³/mol. The number of aromatic nitrogens is 1. The minimum absolute atomic E-state index is 0.0521. The number of carbonyl (C=O) groups excluding carboxylic acids is 2. The molecule has 4 rings (SSSR count). The summed E-state index contributed by atoms with van der Waals surface area (Å²) in [4.78, 5) is 33.9. The fourth-order valence-corrected chi connectivity index (χ4v) is 6.37. The van der Waals surface area contributed by atoms with Crippen LogP contribution in [0.3, 0.4) is 0 Å². The molecule has 1 aliphatic rings. The average Bonchev–Trinajstić information content (AvgIpc) is 3.35. The summed E-state index contributed by atoms with van der Waals surface area (Å²) in [6.07, 6.45) is 1.53. The van der Waals surface area contributed by atoms with E-state index in [0.29, 0.717) is 33.6 Å². The molecule has 3 aromatic rings. The molecule has 34 heavy (non-hydrogen) atoms. The van der Waals surface area contributed by atoms with E-state index in [4.69, 9.17) is 23.2 Å². The number of halogens is 2. The summed E-state index contributed by atoms with van der Waals surface area (Å²) in [7, 11) is -1.63. The van der Waals surface area contributed by atoms with Crippen molar-refractivity contribution in [2.24, 2.45) is 0 Å². The van der Waals surface area contributed by atoms with Crippen molar-refractivity contribution in [2.75, 3.05) is 23.7 Å². The van der Waals surface area contributed by atoms with Crippen LogP contribution in [-0.4, -0.2) is 56.7 Å². The van der Waals surface area contributed by atoms with Gasteiger partial charge in [0.25, 0.3) is 5.91 Å². The second-order valence-corrected chi connectivity index (χ2v) is 11.2. The molecular weight excluding hydrogens is 513 g/mol. The molecule has 1 fully saturated rings. The Balaban J connectivity index is 1.46. The molecule has 0 aliphatic carbocycles. The summed E-state index contributed by atoms with van der Waals surface area (Å²) < 4.78 is 12.7.